The van der Waals surface area contributed by atoms with E-state index in [0.717, 1.165) is 37.5 Å². The number of carboxylic acids is 3. The van der Waals surface area contributed by atoms with E-state index in [0.29, 0.717) is 6.42 Å². The van der Waals surface area contributed by atoms with Gasteiger partial charge in [0.2, 0.25) is 0 Å². The smallest absolute Gasteiger partial charge is 0.336 e. The minimum Gasteiger partial charge on any atom is -0.478 e. The van der Waals surface area contributed by atoms with E-state index < -0.39 is 34.4 Å². The molecule has 1 aromatic rings. The van der Waals surface area contributed by atoms with Gasteiger partial charge in [0.15, 0.2) is 0 Å². The SMILES string of the molecule is CCCCCCCC(=O)OCCC(CO)(CO)CO.O=C(O)c1ccc(C(=O)O)c(C(=O)O)c1. The van der Waals surface area contributed by atoms with Gasteiger partial charge >= 0.3 is 23.9 Å². The number of esters is 1. The maximum Gasteiger partial charge on any atom is 0.336 e. The van der Waals surface area contributed by atoms with Gasteiger partial charge in [0.05, 0.1) is 43.1 Å². The minimum atomic E-state index is -1.48. The van der Waals surface area contributed by atoms with Gasteiger partial charge in [0.1, 0.15) is 0 Å². The van der Waals surface area contributed by atoms with E-state index in [1.807, 2.05) is 0 Å². The highest BCUT2D eigenvalue weighted by Crippen LogP contribution is 2.20. The highest BCUT2D eigenvalue weighted by molar-refractivity contribution is 6.03. The van der Waals surface area contributed by atoms with E-state index in [1.165, 1.54) is 12.8 Å². The number of unbranched alkanes of at least 4 members (excludes halogenated alkanes) is 4. The molecule has 11 nitrogen and oxygen atoms in total. The van der Waals surface area contributed by atoms with Crippen molar-refractivity contribution in [2.75, 3.05) is 26.4 Å². The van der Waals surface area contributed by atoms with Crippen molar-refractivity contribution >= 4 is 23.9 Å². The molecule has 0 saturated carbocycles. The van der Waals surface area contributed by atoms with Gasteiger partial charge in [-0.25, -0.2) is 14.4 Å². The molecule has 0 aliphatic rings. The topological polar surface area (TPSA) is 199 Å². The van der Waals surface area contributed by atoms with Gasteiger partial charge in [-0.3, -0.25) is 4.79 Å². The van der Waals surface area contributed by atoms with E-state index in [4.69, 9.17) is 35.4 Å². The first-order valence-electron chi connectivity index (χ1n) is 10.9. The second-order valence-electron chi connectivity index (χ2n) is 7.78. The summed E-state index contributed by atoms with van der Waals surface area (Å²) in [7, 11) is 0. The number of hydrogen-bond donors (Lipinski definition) is 6. The Morgan fingerprint density at radius 3 is 1.82 bits per heavy atom. The number of carbonyl (C=O) groups is 4. The molecule has 6 N–H and O–H groups in total. The molecule has 0 spiro atoms. The highest BCUT2D eigenvalue weighted by atomic mass is 16.5. The first kappa shape index (κ1) is 31.0. The lowest BCUT2D eigenvalue weighted by Gasteiger charge is -2.26. The first-order chi connectivity index (χ1) is 16.1. The Kier molecular flexibility index (Phi) is 15.1. The van der Waals surface area contributed by atoms with Crippen LogP contribution in [0.3, 0.4) is 0 Å². The van der Waals surface area contributed by atoms with Crippen molar-refractivity contribution in [1.82, 2.24) is 0 Å². The quantitative estimate of drug-likeness (QED) is 0.156. The summed E-state index contributed by atoms with van der Waals surface area (Å²) in [5.41, 5.74) is -2.20. The molecule has 0 saturated heterocycles. The molecule has 0 radical (unpaired) electrons. The molecule has 0 aromatic heterocycles. The summed E-state index contributed by atoms with van der Waals surface area (Å²) in [5.74, 6) is -4.45. The fraction of sp³-hybridized carbons (Fsp3) is 0.565. The number of carboxylic acid groups (broad SMARTS) is 3. The Bertz CT molecular complexity index is 792. The molecule has 0 heterocycles. The predicted molar refractivity (Wildman–Crippen MR) is 120 cm³/mol. The summed E-state index contributed by atoms with van der Waals surface area (Å²) in [4.78, 5) is 43.2. The summed E-state index contributed by atoms with van der Waals surface area (Å²) in [5, 5.41) is 53.2. The van der Waals surface area contributed by atoms with Crippen molar-refractivity contribution in [2.45, 2.75) is 51.9 Å². The maximum atomic E-state index is 11.4. The van der Waals surface area contributed by atoms with Gasteiger partial charge in [0, 0.05) is 11.8 Å². The largest absolute Gasteiger partial charge is 0.478 e. The number of aromatic carboxylic acids is 3. The lowest BCUT2D eigenvalue weighted by atomic mass is 9.88. The number of aliphatic hydroxyl groups is 3. The summed E-state index contributed by atoms with van der Waals surface area (Å²) in [6.07, 6.45) is 6.07. The zero-order chi connectivity index (χ0) is 26.1. The number of hydrogen-bond acceptors (Lipinski definition) is 8. The van der Waals surface area contributed by atoms with Crippen LogP contribution in [0.25, 0.3) is 0 Å². The molecule has 0 unspecified atom stereocenters. The second-order valence-corrected chi connectivity index (χ2v) is 7.78. The molecule has 0 atom stereocenters. The molecule has 34 heavy (non-hydrogen) atoms. The molecular formula is C23H34O11. The number of benzene rings is 1. The van der Waals surface area contributed by atoms with Crippen molar-refractivity contribution in [1.29, 1.82) is 0 Å². The van der Waals surface area contributed by atoms with E-state index in [2.05, 4.69) is 6.92 Å². The molecule has 1 aromatic carbocycles. The molecule has 0 bridgehead atoms. The third-order valence-electron chi connectivity index (χ3n) is 5.11. The van der Waals surface area contributed by atoms with Gasteiger partial charge in [0.25, 0.3) is 0 Å². The van der Waals surface area contributed by atoms with Crippen LogP contribution in [-0.4, -0.2) is 80.9 Å². The number of aliphatic hydroxyl groups excluding tert-OH is 3. The normalized spacial score (nSPS) is 10.7. The number of carbonyl (C=O) groups excluding carboxylic acids is 1. The first-order valence-corrected chi connectivity index (χ1v) is 10.9. The van der Waals surface area contributed by atoms with Crippen LogP contribution in [0.15, 0.2) is 18.2 Å². The number of rotatable bonds is 15. The van der Waals surface area contributed by atoms with Gasteiger partial charge in [-0.05, 0) is 31.0 Å². The summed E-state index contributed by atoms with van der Waals surface area (Å²) >= 11 is 0. The minimum absolute atomic E-state index is 0.121. The average molecular weight is 487 g/mol. The van der Waals surface area contributed by atoms with E-state index in [-0.39, 0.29) is 44.4 Å². The van der Waals surface area contributed by atoms with E-state index in [9.17, 15) is 19.2 Å². The lowest BCUT2D eigenvalue weighted by Crippen LogP contribution is -2.35. The third-order valence-corrected chi connectivity index (χ3v) is 5.11. The van der Waals surface area contributed by atoms with Crippen molar-refractivity contribution < 1.29 is 54.6 Å². The molecule has 0 fully saturated rings. The van der Waals surface area contributed by atoms with Gasteiger partial charge in [-0.2, -0.15) is 0 Å². The molecule has 0 aliphatic carbocycles. The van der Waals surface area contributed by atoms with Crippen LogP contribution in [-0.2, 0) is 9.53 Å². The molecule has 192 valence electrons. The molecular weight excluding hydrogens is 452 g/mol. The van der Waals surface area contributed by atoms with Crippen LogP contribution in [0.1, 0.15) is 82.9 Å². The second kappa shape index (κ2) is 16.6. The van der Waals surface area contributed by atoms with Gasteiger partial charge in [-0.1, -0.05) is 32.6 Å². The van der Waals surface area contributed by atoms with Crippen molar-refractivity contribution in [2.24, 2.45) is 5.41 Å². The Morgan fingerprint density at radius 1 is 0.794 bits per heavy atom. The summed E-state index contributed by atoms with van der Waals surface area (Å²) in [6, 6.07) is 2.81. The van der Waals surface area contributed by atoms with Crippen LogP contribution in [0.5, 0.6) is 0 Å². The van der Waals surface area contributed by atoms with Crippen molar-refractivity contribution in [3.8, 4) is 0 Å². The fourth-order valence-corrected chi connectivity index (χ4v) is 2.75. The van der Waals surface area contributed by atoms with Crippen LogP contribution in [0.4, 0.5) is 0 Å². The standard InChI is InChI=1S/C14H28O5.C9H6O6/c1-2-3-4-5-6-7-13(18)19-9-8-14(10-15,11-16)12-17;10-7(11)4-1-2-5(8(12)13)6(3-4)9(14)15/h15-17H,2-12H2,1H3;1-3H,(H,10,11)(H,12,13)(H,14,15). The molecule has 11 heteroatoms. The summed E-state index contributed by atoms with van der Waals surface area (Å²) < 4.78 is 5.04. The average Bonchev–Trinajstić information content (AvgIpc) is 2.82. The van der Waals surface area contributed by atoms with Gasteiger partial charge < -0.3 is 35.4 Å². The van der Waals surface area contributed by atoms with Gasteiger partial charge in [-0.15, -0.1) is 0 Å². The maximum absolute atomic E-state index is 11.4. The molecule has 0 amide bonds. The Balaban J connectivity index is 0.000000657. The van der Waals surface area contributed by atoms with Crippen LogP contribution < -0.4 is 0 Å². The van der Waals surface area contributed by atoms with Crippen molar-refractivity contribution in [3.63, 3.8) is 0 Å². The summed E-state index contributed by atoms with van der Waals surface area (Å²) in [6.45, 7) is 1.29. The third kappa shape index (κ3) is 11.2. The highest BCUT2D eigenvalue weighted by Gasteiger charge is 2.28. The van der Waals surface area contributed by atoms with Crippen molar-refractivity contribution in [3.05, 3.63) is 34.9 Å². The molecule has 0 aliphatic heterocycles. The van der Waals surface area contributed by atoms with Crippen LogP contribution in [0.2, 0.25) is 0 Å². The van der Waals surface area contributed by atoms with Crippen LogP contribution in [0, 0.1) is 5.41 Å². The Labute approximate surface area is 197 Å². The zero-order valence-corrected chi connectivity index (χ0v) is 19.2. The van der Waals surface area contributed by atoms with Crippen LogP contribution >= 0.6 is 0 Å². The fourth-order valence-electron chi connectivity index (χ4n) is 2.75. The lowest BCUT2D eigenvalue weighted by molar-refractivity contribution is -0.145. The molecule has 1 rings (SSSR count). The monoisotopic (exact) mass is 486 g/mol. The zero-order valence-electron chi connectivity index (χ0n) is 19.2. The van der Waals surface area contributed by atoms with E-state index in [1.54, 1.807) is 0 Å². The predicted octanol–water partition coefficient (Wildman–Crippen LogP) is 2.02. The Morgan fingerprint density at radius 2 is 1.35 bits per heavy atom. The van der Waals surface area contributed by atoms with E-state index >= 15 is 0 Å². The number of ether oxygens (including phenoxy) is 1. The Hall–Kier alpha value is -3.02.